The number of hydrogen-bond acceptors (Lipinski definition) is 7. The molecule has 7 heteroatoms. The van der Waals surface area contributed by atoms with Gasteiger partial charge < -0.3 is 24.1 Å². The number of ketones is 1. The van der Waals surface area contributed by atoms with Crippen molar-refractivity contribution in [2.75, 3.05) is 20.3 Å². The van der Waals surface area contributed by atoms with Crippen LogP contribution in [0.2, 0.25) is 0 Å². The molecule has 4 atom stereocenters. The third kappa shape index (κ3) is 1.74. The van der Waals surface area contributed by atoms with Crippen LogP contribution in [0.25, 0.3) is 6.08 Å². The second kappa shape index (κ2) is 5.08. The van der Waals surface area contributed by atoms with Crippen molar-refractivity contribution >= 4 is 17.8 Å². The molecule has 1 spiro atoms. The van der Waals surface area contributed by atoms with E-state index in [1.165, 1.54) is 13.2 Å². The van der Waals surface area contributed by atoms with Crippen molar-refractivity contribution in [1.29, 1.82) is 0 Å². The van der Waals surface area contributed by atoms with Crippen molar-refractivity contribution in [2.45, 2.75) is 30.7 Å². The molecule has 5 rings (SSSR count). The Morgan fingerprint density at radius 2 is 2.19 bits per heavy atom. The van der Waals surface area contributed by atoms with E-state index in [-0.39, 0.29) is 24.1 Å². The normalized spacial score (nSPS) is 39.0. The fraction of sp³-hybridized carbons (Fsp3) is 0.474. The molecule has 1 N–H and O–H groups in total. The maximum absolute atomic E-state index is 13.0. The van der Waals surface area contributed by atoms with Gasteiger partial charge in [0.2, 0.25) is 0 Å². The van der Waals surface area contributed by atoms with Crippen molar-refractivity contribution in [3.8, 4) is 11.5 Å². The van der Waals surface area contributed by atoms with Crippen molar-refractivity contribution in [1.82, 2.24) is 0 Å². The number of benzene rings is 1. The van der Waals surface area contributed by atoms with Crippen LogP contribution in [-0.4, -0.2) is 55.0 Å². The molecular formula is C19H18O7. The summed E-state index contributed by atoms with van der Waals surface area (Å²) in [6.07, 6.45) is 1.30. The highest BCUT2D eigenvalue weighted by Gasteiger charge is 2.77. The van der Waals surface area contributed by atoms with Gasteiger partial charge in [0.05, 0.1) is 7.11 Å². The zero-order valence-corrected chi connectivity index (χ0v) is 14.2. The number of fused-ring (bicyclic) bond motifs is 1. The summed E-state index contributed by atoms with van der Waals surface area (Å²) in [4.78, 5) is 25.5. The highest BCUT2D eigenvalue weighted by Crippen LogP contribution is 2.62. The van der Waals surface area contributed by atoms with Crippen LogP contribution in [-0.2, 0) is 23.8 Å². The first-order valence-corrected chi connectivity index (χ1v) is 8.60. The molecule has 4 fully saturated rings. The molecule has 136 valence electrons. The summed E-state index contributed by atoms with van der Waals surface area (Å²) in [6, 6.07) is 4.85. The van der Waals surface area contributed by atoms with Gasteiger partial charge in [-0.15, -0.1) is 0 Å². The molecule has 7 nitrogen and oxygen atoms in total. The number of Topliss-reactive ketones (excluding diaryl/α,β-unsaturated/α-hetero) is 1. The van der Waals surface area contributed by atoms with Crippen molar-refractivity contribution < 1.29 is 33.6 Å². The largest absolute Gasteiger partial charge is 0.504 e. The van der Waals surface area contributed by atoms with Gasteiger partial charge in [-0.25, -0.2) is 0 Å². The maximum atomic E-state index is 13.0. The Morgan fingerprint density at radius 3 is 3.00 bits per heavy atom. The molecule has 4 saturated heterocycles. The average molecular weight is 358 g/mol. The lowest BCUT2D eigenvalue weighted by Crippen LogP contribution is -2.62. The Morgan fingerprint density at radius 1 is 1.35 bits per heavy atom. The lowest BCUT2D eigenvalue weighted by molar-refractivity contribution is -0.197. The maximum Gasteiger partial charge on any atom is 0.315 e. The van der Waals surface area contributed by atoms with Gasteiger partial charge >= 0.3 is 5.97 Å². The van der Waals surface area contributed by atoms with Crippen LogP contribution in [0.5, 0.6) is 11.5 Å². The smallest absolute Gasteiger partial charge is 0.315 e. The van der Waals surface area contributed by atoms with Crippen LogP contribution >= 0.6 is 0 Å². The highest BCUT2D eigenvalue weighted by molar-refractivity contribution is 6.06. The van der Waals surface area contributed by atoms with E-state index in [4.69, 9.17) is 18.9 Å². The molecule has 3 unspecified atom stereocenters. The first-order chi connectivity index (χ1) is 12.5. The predicted molar refractivity (Wildman–Crippen MR) is 87.6 cm³/mol. The molecule has 2 bridgehead atoms. The van der Waals surface area contributed by atoms with Gasteiger partial charge in [-0.3, -0.25) is 9.59 Å². The first kappa shape index (κ1) is 15.8. The predicted octanol–water partition coefficient (Wildman–Crippen LogP) is 1.23. The molecule has 0 amide bonds. The van der Waals surface area contributed by atoms with Crippen molar-refractivity contribution in [3.05, 3.63) is 29.3 Å². The fourth-order valence-electron chi connectivity index (χ4n) is 4.84. The van der Waals surface area contributed by atoms with Gasteiger partial charge in [0, 0.05) is 18.6 Å². The standard InChI is InChI=1S/C19H18O7/c1-23-13-7-10(2-3-12(13)20)6-11-15(21)14-8-18-4-5-24-16(11)19(18,26-14)9-25-17(18)22/h2-3,6-7,14,16,20H,4-5,8-9H2,1H3/b11-6-/t14?,16-,18?,19?/m0/s1. The number of methoxy groups -OCH3 is 1. The third-order valence-electron chi connectivity index (χ3n) is 6.13. The van der Waals surface area contributed by atoms with Gasteiger partial charge in [-0.2, -0.15) is 0 Å². The Kier molecular flexibility index (Phi) is 3.10. The first-order valence-electron chi connectivity index (χ1n) is 8.60. The third-order valence-corrected chi connectivity index (χ3v) is 6.13. The molecule has 0 saturated carbocycles. The summed E-state index contributed by atoms with van der Waals surface area (Å²) < 4.78 is 22.5. The summed E-state index contributed by atoms with van der Waals surface area (Å²) in [5.74, 6) is -0.0996. The SMILES string of the molecule is COc1cc(/C=C2/C(=O)C3CC45CCO[C@@H]2C4(COC5=O)O3)ccc1O. The fourth-order valence-corrected chi connectivity index (χ4v) is 4.84. The molecular weight excluding hydrogens is 340 g/mol. The van der Waals surface area contributed by atoms with Crippen LogP contribution in [0.15, 0.2) is 23.8 Å². The van der Waals surface area contributed by atoms with E-state index in [9.17, 15) is 14.7 Å². The summed E-state index contributed by atoms with van der Waals surface area (Å²) in [6.45, 7) is 0.484. The molecule has 1 aromatic carbocycles. The molecule has 0 radical (unpaired) electrons. The van der Waals surface area contributed by atoms with E-state index in [2.05, 4.69) is 0 Å². The molecule has 4 aliphatic rings. The number of phenolic OH excluding ortho intramolecular Hbond substituents is 1. The minimum absolute atomic E-state index is 0.0225. The number of carbonyl (C=O) groups is 2. The number of phenols is 1. The van der Waals surface area contributed by atoms with E-state index >= 15 is 0 Å². The topological polar surface area (TPSA) is 91.3 Å². The molecule has 0 aromatic heterocycles. The second-order valence-electron chi connectivity index (χ2n) is 7.25. The van der Waals surface area contributed by atoms with Crippen LogP contribution in [0.4, 0.5) is 0 Å². The number of aromatic hydroxyl groups is 1. The number of hydrogen-bond donors (Lipinski definition) is 1. The zero-order valence-electron chi connectivity index (χ0n) is 14.2. The Bertz CT molecular complexity index is 859. The van der Waals surface area contributed by atoms with E-state index in [0.29, 0.717) is 36.3 Å². The summed E-state index contributed by atoms with van der Waals surface area (Å²) >= 11 is 0. The monoisotopic (exact) mass is 358 g/mol. The molecule has 4 aliphatic heterocycles. The number of carbonyl (C=O) groups excluding carboxylic acids is 2. The van der Waals surface area contributed by atoms with Crippen LogP contribution in [0.3, 0.4) is 0 Å². The summed E-state index contributed by atoms with van der Waals surface area (Å²) in [7, 11) is 1.46. The summed E-state index contributed by atoms with van der Waals surface area (Å²) in [5, 5.41) is 9.77. The van der Waals surface area contributed by atoms with E-state index in [0.717, 1.165) is 0 Å². The Balaban J connectivity index is 1.63. The Labute approximate surface area is 149 Å². The van der Waals surface area contributed by atoms with E-state index in [1.807, 2.05) is 0 Å². The van der Waals surface area contributed by atoms with Crippen molar-refractivity contribution in [2.24, 2.45) is 5.41 Å². The molecule has 1 aromatic rings. The number of esters is 1. The highest BCUT2D eigenvalue weighted by atomic mass is 16.6. The minimum Gasteiger partial charge on any atom is -0.504 e. The summed E-state index contributed by atoms with van der Waals surface area (Å²) in [5.41, 5.74) is -0.536. The number of cyclic esters (lactones) is 1. The lowest BCUT2D eigenvalue weighted by atomic mass is 9.67. The minimum atomic E-state index is -0.923. The molecule has 4 heterocycles. The van der Waals surface area contributed by atoms with Gasteiger partial charge in [-0.1, -0.05) is 6.07 Å². The van der Waals surface area contributed by atoms with Crippen molar-refractivity contribution in [3.63, 3.8) is 0 Å². The second-order valence-corrected chi connectivity index (χ2v) is 7.25. The lowest BCUT2D eigenvalue weighted by Gasteiger charge is -2.46. The van der Waals surface area contributed by atoms with Gasteiger partial charge in [-0.05, 0) is 30.2 Å². The van der Waals surface area contributed by atoms with E-state index < -0.39 is 23.2 Å². The molecule has 0 aliphatic carbocycles. The van der Waals surface area contributed by atoms with Crippen LogP contribution in [0.1, 0.15) is 18.4 Å². The van der Waals surface area contributed by atoms with Gasteiger partial charge in [0.25, 0.3) is 0 Å². The average Bonchev–Trinajstić information content (AvgIpc) is 3.13. The van der Waals surface area contributed by atoms with Crippen LogP contribution in [0, 0.1) is 5.41 Å². The number of ether oxygens (including phenoxy) is 4. The van der Waals surface area contributed by atoms with E-state index in [1.54, 1.807) is 18.2 Å². The van der Waals surface area contributed by atoms with Crippen LogP contribution < -0.4 is 4.74 Å². The Hall–Kier alpha value is -2.38. The van der Waals surface area contributed by atoms with Gasteiger partial charge in [0.1, 0.15) is 29.8 Å². The quantitative estimate of drug-likeness (QED) is 0.628. The molecule has 26 heavy (non-hydrogen) atoms. The van der Waals surface area contributed by atoms with Gasteiger partial charge in [0.15, 0.2) is 17.3 Å². The zero-order chi connectivity index (χ0) is 18.1. The number of rotatable bonds is 2.